The molecule has 0 bridgehead atoms. The maximum atomic E-state index is 15.1. The summed E-state index contributed by atoms with van der Waals surface area (Å²) in [6, 6.07) is 38.4. The quantitative estimate of drug-likeness (QED) is 0.297. The zero-order valence-corrected chi connectivity index (χ0v) is 20.8. The average Bonchev–Trinajstić information content (AvgIpc) is 2.88. The molecule has 33 heavy (non-hydrogen) atoms. The fraction of sp³-hybridized carbons (Fsp3) is 0.103. The molecule has 0 fully saturated rings. The summed E-state index contributed by atoms with van der Waals surface area (Å²) in [5, 5.41) is 3.85. The Bertz CT molecular complexity index is 1240. The molecule has 4 heteroatoms. The highest BCUT2D eigenvalue weighted by Crippen LogP contribution is 2.59. The van der Waals surface area contributed by atoms with Gasteiger partial charge >= 0.3 is 0 Å². The lowest BCUT2D eigenvalue weighted by molar-refractivity contribution is 0.584. The van der Waals surface area contributed by atoms with Crippen LogP contribution in [0.25, 0.3) is 0 Å². The second-order valence-corrected chi connectivity index (χ2v) is 13.9. The Morgan fingerprint density at radius 3 is 1.12 bits per heavy atom. The van der Waals surface area contributed by atoms with Gasteiger partial charge in [0.15, 0.2) is 7.14 Å². The molecule has 0 saturated carbocycles. The largest absolute Gasteiger partial charge is 0.313 e. The Labute approximate surface area is 196 Å². The minimum atomic E-state index is -3.22. The van der Waals surface area contributed by atoms with E-state index in [-0.39, 0.29) is 6.16 Å². The van der Waals surface area contributed by atoms with Crippen LogP contribution >= 0.6 is 14.3 Å². The van der Waals surface area contributed by atoms with Crippen LogP contribution in [0.1, 0.15) is 13.8 Å². The number of allylic oxidation sites excluding steroid dienone is 2. The summed E-state index contributed by atoms with van der Waals surface area (Å²) < 4.78 is 30.0. The van der Waals surface area contributed by atoms with E-state index < -0.39 is 14.3 Å². The molecule has 4 rings (SSSR count). The lowest BCUT2D eigenvalue weighted by Crippen LogP contribution is -2.24. The molecular formula is C29H28O2P2. The van der Waals surface area contributed by atoms with Gasteiger partial charge in [0.25, 0.3) is 0 Å². The van der Waals surface area contributed by atoms with Crippen LogP contribution < -0.4 is 21.2 Å². The molecule has 4 aromatic carbocycles. The van der Waals surface area contributed by atoms with E-state index in [1.807, 2.05) is 135 Å². The van der Waals surface area contributed by atoms with Crippen molar-refractivity contribution in [3.05, 3.63) is 132 Å². The van der Waals surface area contributed by atoms with Crippen molar-refractivity contribution in [3.63, 3.8) is 0 Å². The number of hydrogen-bond acceptors (Lipinski definition) is 2. The molecule has 0 amide bonds. The van der Waals surface area contributed by atoms with Gasteiger partial charge in [-0.3, -0.25) is 0 Å². The van der Waals surface area contributed by atoms with Gasteiger partial charge < -0.3 is 9.13 Å². The zero-order valence-electron chi connectivity index (χ0n) is 19.0. The van der Waals surface area contributed by atoms with Crippen LogP contribution in [0, 0.1) is 0 Å². The fourth-order valence-electron chi connectivity index (χ4n) is 4.19. The van der Waals surface area contributed by atoms with E-state index in [1.165, 1.54) is 0 Å². The van der Waals surface area contributed by atoms with E-state index >= 15 is 4.57 Å². The van der Waals surface area contributed by atoms with E-state index in [9.17, 15) is 4.57 Å². The van der Waals surface area contributed by atoms with Crippen LogP contribution in [0.5, 0.6) is 0 Å². The van der Waals surface area contributed by atoms with Gasteiger partial charge in [-0.2, -0.15) is 0 Å². The third-order valence-corrected chi connectivity index (χ3v) is 12.6. The summed E-state index contributed by atoms with van der Waals surface area (Å²) in [5.74, 6) is 0. The Morgan fingerprint density at radius 2 is 0.818 bits per heavy atom. The first-order chi connectivity index (χ1) is 16.0. The van der Waals surface area contributed by atoms with Gasteiger partial charge in [-0.25, -0.2) is 0 Å². The van der Waals surface area contributed by atoms with Gasteiger partial charge in [0.2, 0.25) is 0 Å². The van der Waals surface area contributed by atoms with Crippen molar-refractivity contribution < 1.29 is 9.13 Å². The average molecular weight is 470 g/mol. The van der Waals surface area contributed by atoms with Crippen LogP contribution in [-0.4, -0.2) is 6.16 Å². The fourth-order valence-corrected chi connectivity index (χ4v) is 11.0. The normalized spacial score (nSPS) is 11.7. The summed E-state index contributed by atoms with van der Waals surface area (Å²) in [6.07, 6.45) is 0.227. The van der Waals surface area contributed by atoms with Crippen molar-refractivity contribution in [1.82, 2.24) is 0 Å². The first kappa shape index (κ1) is 23.2. The zero-order chi connectivity index (χ0) is 23.3. The van der Waals surface area contributed by atoms with Crippen LogP contribution in [0.4, 0.5) is 0 Å². The maximum Gasteiger partial charge on any atom is 0.167 e. The molecule has 0 saturated heterocycles. The van der Waals surface area contributed by atoms with Crippen molar-refractivity contribution in [3.8, 4) is 0 Å². The minimum absolute atomic E-state index is 0.227. The Morgan fingerprint density at radius 1 is 0.515 bits per heavy atom. The third kappa shape index (κ3) is 4.60. The summed E-state index contributed by atoms with van der Waals surface area (Å²) in [7, 11) is -6.32. The highest BCUT2D eigenvalue weighted by atomic mass is 31.2. The van der Waals surface area contributed by atoms with E-state index in [0.29, 0.717) is 0 Å². The first-order valence-electron chi connectivity index (χ1n) is 11.0. The molecule has 0 unspecified atom stereocenters. The van der Waals surface area contributed by atoms with E-state index in [0.717, 1.165) is 32.1 Å². The van der Waals surface area contributed by atoms with Crippen LogP contribution in [0.15, 0.2) is 132 Å². The van der Waals surface area contributed by atoms with Crippen molar-refractivity contribution in [2.75, 3.05) is 6.16 Å². The molecule has 0 spiro atoms. The standard InChI is InChI=1S/C29H28O2P2/c1-24(2)29(33(31,27-19-11-5-12-20-27)28-21-13-6-14-22-28)23-32(30,25-15-7-3-8-16-25)26-17-9-4-10-18-26/h3-22H,23H2,1-2H3. The number of hydrogen-bond donors (Lipinski definition) is 0. The van der Waals surface area contributed by atoms with Crippen molar-refractivity contribution >= 4 is 35.5 Å². The first-order valence-corrected chi connectivity index (χ1v) is 14.6. The van der Waals surface area contributed by atoms with E-state index in [1.54, 1.807) is 0 Å². The molecule has 0 aromatic heterocycles. The summed E-state index contributed by atoms with van der Waals surface area (Å²) >= 11 is 0. The molecule has 0 radical (unpaired) electrons. The predicted molar refractivity (Wildman–Crippen MR) is 143 cm³/mol. The molecule has 4 aromatic rings. The predicted octanol–water partition coefficient (Wildman–Crippen LogP) is 6.31. The summed E-state index contributed by atoms with van der Waals surface area (Å²) in [5.41, 5.74) is 0.943. The molecule has 0 heterocycles. The van der Waals surface area contributed by atoms with Crippen LogP contribution in [0.2, 0.25) is 0 Å². The summed E-state index contributed by atoms with van der Waals surface area (Å²) in [6.45, 7) is 3.96. The molecule has 0 atom stereocenters. The van der Waals surface area contributed by atoms with Gasteiger partial charge in [-0.15, -0.1) is 0 Å². The van der Waals surface area contributed by atoms with Gasteiger partial charge in [-0.05, 0) is 13.8 Å². The smallest absolute Gasteiger partial charge is 0.167 e. The topological polar surface area (TPSA) is 34.1 Å². The van der Waals surface area contributed by atoms with Crippen molar-refractivity contribution in [2.24, 2.45) is 0 Å². The van der Waals surface area contributed by atoms with Gasteiger partial charge in [0.1, 0.15) is 7.14 Å². The number of rotatable bonds is 7. The Kier molecular flexibility index (Phi) is 6.99. The van der Waals surface area contributed by atoms with Crippen molar-refractivity contribution in [1.29, 1.82) is 0 Å². The SMILES string of the molecule is CC(C)=C(CP(=O)(c1ccccc1)c1ccccc1)P(=O)(c1ccccc1)c1ccccc1. The Balaban J connectivity index is 1.96. The monoisotopic (exact) mass is 470 g/mol. The second kappa shape index (κ2) is 9.92. The van der Waals surface area contributed by atoms with E-state index in [4.69, 9.17) is 0 Å². The lowest BCUT2D eigenvalue weighted by atomic mass is 10.3. The molecule has 0 aliphatic rings. The molecule has 0 aliphatic heterocycles. The van der Waals surface area contributed by atoms with Gasteiger partial charge in [-0.1, -0.05) is 127 Å². The van der Waals surface area contributed by atoms with Crippen molar-refractivity contribution in [2.45, 2.75) is 13.8 Å². The van der Waals surface area contributed by atoms with Gasteiger partial charge in [0.05, 0.1) is 0 Å². The van der Waals surface area contributed by atoms with E-state index in [2.05, 4.69) is 0 Å². The Hall–Kier alpha value is -2.92. The molecular weight excluding hydrogens is 442 g/mol. The molecule has 166 valence electrons. The highest BCUT2D eigenvalue weighted by molar-refractivity contribution is 7.85. The van der Waals surface area contributed by atoms with Gasteiger partial charge in [0, 0.05) is 32.7 Å². The van der Waals surface area contributed by atoms with Crippen LogP contribution in [-0.2, 0) is 9.13 Å². The minimum Gasteiger partial charge on any atom is -0.313 e. The molecule has 0 N–H and O–H groups in total. The molecule has 0 aliphatic carbocycles. The maximum absolute atomic E-state index is 15.1. The second-order valence-electron chi connectivity index (χ2n) is 8.30. The highest BCUT2D eigenvalue weighted by Gasteiger charge is 2.38. The third-order valence-electron chi connectivity index (χ3n) is 5.92. The summed E-state index contributed by atoms with van der Waals surface area (Å²) in [4.78, 5) is 0. The molecule has 2 nitrogen and oxygen atoms in total. The number of benzene rings is 4. The lowest BCUT2D eigenvalue weighted by Gasteiger charge is -2.28. The van der Waals surface area contributed by atoms with Crippen LogP contribution in [0.3, 0.4) is 0 Å².